The quantitative estimate of drug-likeness (QED) is 0.816. The first-order valence-corrected chi connectivity index (χ1v) is 6.76. The van der Waals surface area contributed by atoms with Crippen LogP contribution in [0, 0.1) is 12.3 Å². The fourth-order valence-corrected chi connectivity index (χ4v) is 2.58. The summed E-state index contributed by atoms with van der Waals surface area (Å²) in [5.74, 6) is 2.72. The van der Waals surface area contributed by atoms with E-state index in [-0.39, 0.29) is 0 Å². The van der Waals surface area contributed by atoms with Gasteiger partial charge in [0.2, 0.25) is 0 Å². The number of terminal acetylenes is 1. The predicted molar refractivity (Wildman–Crippen MR) is 76.3 cm³/mol. The molecule has 0 radical (unpaired) electrons. The topological polar surface area (TPSA) is 15.3 Å². The first-order chi connectivity index (χ1) is 8.79. The lowest BCUT2D eigenvalue weighted by molar-refractivity contribution is 0.211. The molecule has 2 heteroatoms. The Hall–Kier alpha value is -1.30. The van der Waals surface area contributed by atoms with Crippen LogP contribution in [0.1, 0.15) is 31.4 Å². The van der Waals surface area contributed by atoms with Gasteiger partial charge in [-0.3, -0.25) is 4.90 Å². The number of benzene rings is 1. The van der Waals surface area contributed by atoms with E-state index in [1.54, 1.807) is 0 Å². The minimum Gasteiger partial charge on any atom is -0.307 e. The molecule has 0 aliphatic carbocycles. The van der Waals surface area contributed by atoms with Gasteiger partial charge in [0.15, 0.2) is 0 Å². The lowest BCUT2D eigenvalue weighted by Crippen LogP contribution is -2.43. The molecule has 2 rings (SSSR count). The monoisotopic (exact) mass is 242 g/mol. The standard InChI is InChI=1S/C16H22N2/c1-3-11-18-12-9-16(10-13-18)17-14(2)15-7-5-4-6-8-15/h1,4-8,14,16-17H,9-13H2,2H3/t14-/m0/s1. The Kier molecular flexibility index (Phi) is 4.81. The second-order valence-electron chi connectivity index (χ2n) is 5.05. The van der Waals surface area contributed by atoms with Gasteiger partial charge in [-0.15, -0.1) is 6.42 Å². The second-order valence-corrected chi connectivity index (χ2v) is 5.05. The van der Waals surface area contributed by atoms with Crippen LogP contribution in [0.25, 0.3) is 0 Å². The van der Waals surface area contributed by atoms with Crippen molar-refractivity contribution in [2.24, 2.45) is 0 Å². The summed E-state index contributed by atoms with van der Waals surface area (Å²) in [7, 11) is 0. The fraction of sp³-hybridized carbons (Fsp3) is 0.500. The molecule has 1 aliphatic heterocycles. The van der Waals surface area contributed by atoms with Crippen molar-refractivity contribution in [1.29, 1.82) is 0 Å². The molecule has 18 heavy (non-hydrogen) atoms. The minimum atomic E-state index is 0.426. The molecule has 2 nitrogen and oxygen atoms in total. The Morgan fingerprint density at radius 1 is 1.33 bits per heavy atom. The number of piperidine rings is 1. The number of hydrogen-bond donors (Lipinski definition) is 1. The summed E-state index contributed by atoms with van der Waals surface area (Å²) in [6.07, 6.45) is 7.73. The largest absolute Gasteiger partial charge is 0.307 e. The maximum absolute atomic E-state index is 5.34. The van der Waals surface area contributed by atoms with E-state index < -0.39 is 0 Å². The van der Waals surface area contributed by atoms with Gasteiger partial charge in [0, 0.05) is 25.2 Å². The first kappa shape index (κ1) is 13.1. The summed E-state index contributed by atoms with van der Waals surface area (Å²) in [4.78, 5) is 2.35. The highest BCUT2D eigenvalue weighted by Crippen LogP contribution is 2.16. The Balaban J connectivity index is 1.80. The molecule has 0 amide bonds. The maximum Gasteiger partial charge on any atom is 0.0598 e. The van der Waals surface area contributed by atoms with Crippen LogP contribution in [0.5, 0.6) is 0 Å². The van der Waals surface area contributed by atoms with Gasteiger partial charge >= 0.3 is 0 Å². The van der Waals surface area contributed by atoms with Crippen molar-refractivity contribution in [3.63, 3.8) is 0 Å². The zero-order valence-electron chi connectivity index (χ0n) is 11.1. The van der Waals surface area contributed by atoms with E-state index in [1.165, 1.54) is 18.4 Å². The van der Waals surface area contributed by atoms with Crippen molar-refractivity contribution < 1.29 is 0 Å². The lowest BCUT2D eigenvalue weighted by atomic mass is 10.0. The highest BCUT2D eigenvalue weighted by Gasteiger charge is 2.19. The Bertz CT molecular complexity index is 385. The van der Waals surface area contributed by atoms with Crippen molar-refractivity contribution in [3.05, 3.63) is 35.9 Å². The van der Waals surface area contributed by atoms with Crippen LogP contribution in [0.2, 0.25) is 0 Å². The van der Waals surface area contributed by atoms with Crippen molar-refractivity contribution >= 4 is 0 Å². The zero-order chi connectivity index (χ0) is 12.8. The number of nitrogens with zero attached hydrogens (tertiary/aromatic N) is 1. The van der Waals surface area contributed by atoms with Gasteiger partial charge in [0.05, 0.1) is 6.54 Å². The normalized spacial score (nSPS) is 19.3. The van der Waals surface area contributed by atoms with Crippen LogP contribution in [0.4, 0.5) is 0 Å². The van der Waals surface area contributed by atoms with Crippen LogP contribution in [0.15, 0.2) is 30.3 Å². The summed E-state index contributed by atoms with van der Waals surface area (Å²) < 4.78 is 0. The van der Waals surface area contributed by atoms with Crippen LogP contribution in [-0.4, -0.2) is 30.6 Å². The lowest BCUT2D eigenvalue weighted by Gasteiger charge is -2.33. The molecule has 1 saturated heterocycles. The third-order valence-corrected chi connectivity index (χ3v) is 3.69. The average Bonchev–Trinajstić information content (AvgIpc) is 2.42. The molecule has 96 valence electrons. The number of nitrogens with one attached hydrogen (secondary N) is 1. The predicted octanol–water partition coefficient (Wildman–Crippen LogP) is 2.43. The van der Waals surface area contributed by atoms with Gasteiger partial charge in [-0.25, -0.2) is 0 Å². The summed E-state index contributed by atoms with van der Waals surface area (Å²) in [6, 6.07) is 11.7. The average molecular weight is 242 g/mol. The minimum absolute atomic E-state index is 0.426. The molecule has 1 aliphatic rings. The molecule has 1 atom stereocenters. The summed E-state index contributed by atoms with van der Waals surface area (Å²) >= 11 is 0. The van der Waals surface area contributed by atoms with Crippen molar-refractivity contribution in [2.45, 2.75) is 31.8 Å². The highest BCUT2D eigenvalue weighted by atomic mass is 15.1. The van der Waals surface area contributed by atoms with Gasteiger partial charge in [-0.05, 0) is 25.3 Å². The van der Waals surface area contributed by atoms with Crippen molar-refractivity contribution in [2.75, 3.05) is 19.6 Å². The molecule has 1 aromatic rings. The van der Waals surface area contributed by atoms with Crippen LogP contribution in [-0.2, 0) is 0 Å². The van der Waals surface area contributed by atoms with E-state index in [0.717, 1.165) is 19.6 Å². The summed E-state index contributed by atoms with van der Waals surface area (Å²) in [5, 5.41) is 3.72. The van der Waals surface area contributed by atoms with E-state index in [2.05, 4.69) is 53.4 Å². The Morgan fingerprint density at radius 3 is 2.61 bits per heavy atom. The van der Waals surface area contributed by atoms with Gasteiger partial charge < -0.3 is 5.32 Å². The van der Waals surface area contributed by atoms with Crippen molar-refractivity contribution in [1.82, 2.24) is 10.2 Å². The molecule has 0 aromatic heterocycles. The Morgan fingerprint density at radius 2 is 2.00 bits per heavy atom. The van der Waals surface area contributed by atoms with Gasteiger partial charge in [0.1, 0.15) is 0 Å². The molecule has 0 saturated carbocycles. The number of hydrogen-bond acceptors (Lipinski definition) is 2. The third kappa shape index (κ3) is 3.60. The molecule has 1 heterocycles. The van der Waals surface area contributed by atoms with Crippen LogP contribution < -0.4 is 5.32 Å². The summed E-state index contributed by atoms with van der Waals surface area (Å²) in [6.45, 7) is 5.26. The molecule has 0 bridgehead atoms. The SMILES string of the molecule is C#CCN1CCC(N[C@@H](C)c2ccccc2)CC1. The van der Waals surface area contributed by atoms with E-state index in [1.807, 2.05) is 0 Å². The molecule has 1 aromatic carbocycles. The Labute approximate surface area is 110 Å². The first-order valence-electron chi connectivity index (χ1n) is 6.76. The van der Waals surface area contributed by atoms with E-state index in [0.29, 0.717) is 12.1 Å². The zero-order valence-corrected chi connectivity index (χ0v) is 11.1. The van der Waals surface area contributed by atoms with Crippen LogP contribution >= 0.6 is 0 Å². The number of rotatable bonds is 4. The van der Waals surface area contributed by atoms with Gasteiger partial charge in [-0.2, -0.15) is 0 Å². The molecular weight excluding hydrogens is 220 g/mol. The van der Waals surface area contributed by atoms with E-state index in [9.17, 15) is 0 Å². The van der Waals surface area contributed by atoms with Gasteiger partial charge in [0.25, 0.3) is 0 Å². The van der Waals surface area contributed by atoms with E-state index >= 15 is 0 Å². The number of likely N-dealkylation sites (tertiary alicyclic amines) is 1. The molecule has 1 fully saturated rings. The molecular formula is C16H22N2. The second kappa shape index (κ2) is 6.58. The van der Waals surface area contributed by atoms with Gasteiger partial charge in [-0.1, -0.05) is 36.3 Å². The maximum atomic E-state index is 5.34. The summed E-state index contributed by atoms with van der Waals surface area (Å²) in [5.41, 5.74) is 1.36. The fourth-order valence-electron chi connectivity index (χ4n) is 2.58. The highest BCUT2D eigenvalue weighted by molar-refractivity contribution is 5.18. The van der Waals surface area contributed by atoms with Crippen LogP contribution in [0.3, 0.4) is 0 Å². The van der Waals surface area contributed by atoms with Crippen molar-refractivity contribution in [3.8, 4) is 12.3 Å². The smallest absolute Gasteiger partial charge is 0.0598 e. The van der Waals surface area contributed by atoms with E-state index in [4.69, 9.17) is 6.42 Å². The molecule has 0 spiro atoms. The third-order valence-electron chi connectivity index (χ3n) is 3.69. The molecule has 0 unspecified atom stereocenters. The molecule has 1 N–H and O–H groups in total.